The van der Waals surface area contributed by atoms with Crippen LogP contribution in [0.1, 0.15) is 61.0 Å². The van der Waals surface area contributed by atoms with Crippen molar-refractivity contribution in [1.29, 1.82) is 0 Å². The van der Waals surface area contributed by atoms with Gasteiger partial charge in [-0.05, 0) is 115 Å². The van der Waals surface area contributed by atoms with Crippen LogP contribution in [0.25, 0.3) is 0 Å². The molecule has 2 aliphatic rings. The van der Waals surface area contributed by atoms with E-state index in [0.29, 0.717) is 0 Å². The molecule has 5 rings (SSSR count). The van der Waals surface area contributed by atoms with Gasteiger partial charge in [-0.15, -0.1) is 6.42 Å². The van der Waals surface area contributed by atoms with Gasteiger partial charge in [0, 0.05) is 22.6 Å². The van der Waals surface area contributed by atoms with Gasteiger partial charge in [0.1, 0.15) is 0 Å². The van der Waals surface area contributed by atoms with Gasteiger partial charge < -0.3 is 23.5 Å². The molecule has 0 radical (unpaired) electrons. The third kappa shape index (κ3) is 5.03. The minimum absolute atomic E-state index is 0.389. The van der Waals surface area contributed by atoms with Gasteiger partial charge in [0.25, 0.3) is 0 Å². The Kier molecular flexibility index (Phi) is 6.76. The lowest BCUT2D eigenvalue weighted by atomic mass is 9.79. The van der Waals surface area contributed by atoms with Crippen LogP contribution in [0.4, 0.5) is 17.1 Å². The van der Waals surface area contributed by atoms with Crippen molar-refractivity contribution in [2.45, 2.75) is 77.8 Å². The summed E-state index contributed by atoms with van der Waals surface area (Å²) in [5, 5.41) is 0. The Morgan fingerprint density at radius 2 is 0.795 bits per heavy atom. The Hall–Kier alpha value is -3.01. The van der Waals surface area contributed by atoms with Gasteiger partial charge in [0.15, 0.2) is 0 Å². The van der Waals surface area contributed by atoms with Crippen LogP contribution in [0, 0.1) is 12.3 Å². The van der Waals surface area contributed by atoms with E-state index >= 15 is 0 Å². The highest BCUT2D eigenvalue weighted by atomic mass is 16.7. The molecule has 7 heteroatoms. The summed E-state index contributed by atoms with van der Waals surface area (Å²) in [5.41, 5.74) is 4.26. The van der Waals surface area contributed by atoms with Crippen molar-refractivity contribution in [3.63, 3.8) is 0 Å². The van der Waals surface area contributed by atoms with Crippen LogP contribution < -0.4 is 15.8 Å². The number of anilines is 3. The third-order valence-corrected chi connectivity index (χ3v) is 8.65. The molecule has 0 bridgehead atoms. The molecular weight excluding hydrogens is 484 g/mol. The van der Waals surface area contributed by atoms with Gasteiger partial charge in [-0.3, -0.25) is 0 Å². The maximum Gasteiger partial charge on any atom is 0.494 e. The summed E-state index contributed by atoms with van der Waals surface area (Å²) < 4.78 is 25.0. The Morgan fingerprint density at radius 3 is 1.08 bits per heavy atom. The van der Waals surface area contributed by atoms with E-state index in [0.717, 1.165) is 33.6 Å². The number of benzene rings is 3. The van der Waals surface area contributed by atoms with Crippen molar-refractivity contribution < 1.29 is 18.6 Å². The Balaban J connectivity index is 1.46. The van der Waals surface area contributed by atoms with E-state index in [1.807, 2.05) is 24.3 Å². The second-order valence-corrected chi connectivity index (χ2v) is 12.4. The standard InChI is InChI=1S/C32H37B2NO4/c1-10-23-11-17-26(18-12-23)35(27-19-13-24(14-20-27)33-36-29(2,3)30(4,5)37-33)28-21-15-25(16-22-28)34-38-31(6,7)32(8,9)39-34/h1,11-22H,2-9H3. The smallest absolute Gasteiger partial charge is 0.399 e. The van der Waals surface area contributed by atoms with Gasteiger partial charge in [-0.25, -0.2) is 0 Å². The molecule has 0 N–H and O–H groups in total. The van der Waals surface area contributed by atoms with Crippen molar-refractivity contribution in [3.05, 3.63) is 78.4 Å². The Bertz CT molecular complexity index is 1260. The van der Waals surface area contributed by atoms with Crippen molar-refractivity contribution >= 4 is 42.2 Å². The van der Waals surface area contributed by atoms with Crippen LogP contribution in [-0.4, -0.2) is 36.6 Å². The molecule has 0 aliphatic carbocycles. The van der Waals surface area contributed by atoms with E-state index in [9.17, 15) is 0 Å². The SMILES string of the molecule is C#Cc1ccc(N(c2ccc(B3OC(C)(C)C(C)(C)O3)cc2)c2ccc(B3OC(C)(C)C(C)(C)O3)cc2)cc1. The molecule has 2 fully saturated rings. The molecule has 2 saturated heterocycles. The highest BCUT2D eigenvalue weighted by Gasteiger charge is 2.52. The lowest BCUT2D eigenvalue weighted by molar-refractivity contribution is 0.00578. The number of nitrogens with zero attached hydrogens (tertiary/aromatic N) is 1. The summed E-state index contributed by atoms with van der Waals surface area (Å²) >= 11 is 0. The lowest BCUT2D eigenvalue weighted by Crippen LogP contribution is -2.41. The summed E-state index contributed by atoms with van der Waals surface area (Å²) in [7, 11) is -0.821. The molecule has 3 aromatic carbocycles. The molecule has 2 heterocycles. The number of hydrogen-bond donors (Lipinski definition) is 0. The molecule has 0 aromatic heterocycles. The predicted octanol–water partition coefficient (Wildman–Crippen LogP) is 5.74. The molecule has 39 heavy (non-hydrogen) atoms. The second kappa shape index (κ2) is 9.57. The normalized spacial score (nSPS) is 20.6. The fourth-order valence-electron chi connectivity index (χ4n) is 4.67. The van der Waals surface area contributed by atoms with E-state index in [4.69, 9.17) is 25.0 Å². The van der Waals surface area contributed by atoms with E-state index in [1.165, 1.54) is 0 Å². The fraction of sp³-hybridized carbons (Fsp3) is 0.375. The number of hydrogen-bond acceptors (Lipinski definition) is 5. The van der Waals surface area contributed by atoms with Crippen LogP contribution in [0.5, 0.6) is 0 Å². The Labute approximate surface area is 234 Å². The monoisotopic (exact) mass is 521 g/mol. The third-order valence-electron chi connectivity index (χ3n) is 8.65. The van der Waals surface area contributed by atoms with Gasteiger partial charge in [-0.2, -0.15) is 0 Å². The molecule has 0 amide bonds. The van der Waals surface area contributed by atoms with Crippen LogP contribution in [0.2, 0.25) is 0 Å². The van der Waals surface area contributed by atoms with Crippen LogP contribution in [-0.2, 0) is 18.6 Å². The minimum Gasteiger partial charge on any atom is -0.399 e. The van der Waals surface area contributed by atoms with Crippen LogP contribution >= 0.6 is 0 Å². The highest BCUT2D eigenvalue weighted by molar-refractivity contribution is 6.62. The average molecular weight is 521 g/mol. The first-order chi connectivity index (χ1) is 18.2. The molecular formula is C32H37B2NO4. The van der Waals surface area contributed by atoms with E-state index < -0.39 is 14.2 Å². The highest BCUT2D eigenvalue weighted by Crippen LogP contribution is 2.39. The average Bonchev–Trinajstić information content (AvgIpc) is 3.25. The van der Waals surface area contributed by atoms with E-state index in [-0.39, 0.29) is 22.4 Å². The van der Waals surface area contributed by atoms with Crippen molar-refractivity contribution in [1.82, 2.24) is 0 Å². The first-order valence-electron chi connectivity index (χ1n) is 13.5. The molecule has 3 aromatic rings. The van der Waals surface area contributed by atoms with Gasteiger partial charge >= 0.3 is 14.2 Å². The number of rotatable bonds is 5. The predicted molar refractivity (Wildman–Crippen MR) is 160 cm³/mol. The zero-order valence-corrected chi connectivity index (χ0v) is 24.2. The molecule has 2 aliphatic heterocycles. The summed E-state index contributed by atoms with van der Waals surface area (Å²) in [5.74, 6) is 2.70. The molecule has 5 nitrogen and oxygen atoms in total. The van der Waals surface area contributed by atoms with E-state index in [1.54, 1.807) is 0 Å². The second-order valence-electron chi connectivity index (χ2n) is 12.4. The zero-order chi connectivity index (χ0) is 28.2. The summed E-state index contributed by atoms with van der Waals surface area (Å²) in [6.45, 7) is 16.5. The largest absolute Gasteiger partial charge is 0.494 e. The lowest BCUT2D eigenvalue weighted by Gasteiger charge is -2.32. The topological polar surface area (TPSA) is 40.2 Å². The molecule has 0 saturated carbocycles. The molecule has 0 spiro atoms. The zero-order valence-electron chi connectivity index (χ0n) is 24.2. The summed E-state index contributed by atoms with van der Waals surface area (Å²) in [6.07, 6.45) is 5.62. The first kappa shape index (κ1) is 27.6. The van der Waals surface area contributed by atoms with Crippen LogP contribution in [0.15, 0.2) is 72.8 Å². The quantitative estimate of drug-likeness (QED) is 0.317. The maximum absolute atomic E-state index is 6.26. The minimum atomic E-state index is -0.411. The molecule has 0 unspecified atom stereocenters. The Morgan fingerprint density at radius 1 is 0.513 bits per heavy atom. The summed E-state index contributed by atoms with van der Waals surface area (Å²) in [6, 6.07) is 24.7. The summed E-state index contributed by atoms with van der Waals surface area (Å²) in [4.78, 5) is 2.20. The van der Waals surface area contributed by atoms with E-state index in [2.05, 4.69) is 115 Å². The molecule has 0 atom stereocenters. The van der Waals surface area contributed by atoms with Crippen molar-refractivity contribution in [3.8, 4) is 12.3 Å². The van der Waals surface area contributed by atoms with Crippen molar-refractivity contribution in [2.75, 3.05) is 4.90 Å². The first-order valence-corrected chi connectivity index (χ1v) is 13.5. The maximum atomic E-state index is 6.26. The number of terminal acetylenes is 1. The molecule has 200 valence electrons. The van der Waals surface area contributed by atoms with Gasteiger partial charge in [0.05, 0.1) is 22.4 Å². The van der Waals surface area contributed by atoms with Crippen LogP contribution in [0.3, 0.4) is 0 Å². The van der Waals surface area contributed by atoms with Crippen molar-refractivity contribution in [2.24, 2.45) is 0 Å². The van der Waals surface area contributed by atoms with Gasteiger partial charge in [0.2, 0.25) is 0 Å². The van der Waals surface area contributed by atoms with Gasteiger partial charge in [-0.1, -0.05) is 30.2 Å². The fourth-order valence-corrected chi connectivity index (χ4v) is 4.67.